The summed E-state index contributed by atoms with van der Waals surface area (Å²) in [6.07, 6.45) is 0. The predicted octanol–water partition coefficient (Wildman–Crippen LogP) is 1.09. The molecule has 1 aliphatic heterocycles. The molecule has 1 amide bonds. The molecule has 0 aromatic rings. The second-order valence-corrected chi connectivity index (χ2v) is 5.13. The Balaban J connectivity index is 2.68. The number of nitrogens with zero attached hydrogens (tertiary/aromatic N) is 1. The molecule has 1 rings (SSSR count). The summed E-state index contributed by atoms with van der Waals surface area (Å²) >= 11 is 0. The molecular weight excluding hydrogens is 176 g/mol. The van der Waals surface area contributed by atoms with Gasteiger partial charge in [0.25, 0.3) is 0 Å². The SMILES string of the molecule is CC(C)C(=O)N1CC(C)C(C)(CN)C1. The molecule has 1 heterocycles. The maximum atomic E-state index is 11.8. The van der Waals surface area contributed by atoms with Crippen molar-refractivity contribution in [2.45, 2.75) is 27.7 Å². The van der Waals surface area contributed by atoms with E-state index in [9.17, 15) is 4.79 Å². The van der Waals surface area contributed by atoms with E-state index in [1.807, 2.05) is 18.7 Å². The second-order valence-electron chi connectivity index (χ2n) is 5.13. The van der Waals surface area contributed by atoms with Crippen LogP contribution in [0.5, 0.6) is 0 Å². The Bertz CT molecular complexity index is 227. The number of hydrogen-bond donors (Lipinski definition) is 1. The van der Waals surface area contributed by atoms with Gasteiger partial charge in [-0.05, 0) is 12.5 Å². The molecule has 1 fully saturated rings. The summed E-state index contributed by atoms with van der Waals surface area (Å²) in [5, 5.41) is 0. The minimum Gasteiger partial charge on any atom is -0.342 e. The number of carbonyl (C=O) groups excluding carboxylic acids is 1. The van der Waals surface area contributed by atoms with Crippen LogP contribution in [0.3, 0.4) is 0 Å². The highest BCUT2D eigenvalue weighted by atomic mass is 16.2. The third-order valence-corrected chi connectivity index (χ3v) is 3.51. The molecule has 0 saturated carbocycles. The Morgan fingerprint density at radius 1 is 1.64 bits per heavy atom. The predicted molar refractivity (Wildman–Crippen MR) is 57.7 cm³/mol. The Labute approximate surface area is 86.6 Å². The molecular formula is C11H22N2O. The van der Waals surface area contributed by atoms with Gasteiger partial charge in [-0.3, -0.25) is 4.79 Å². The van der Waals surface area contributed by atoms with E-state index in [0.29, 0.717) is 12.5 Å². The average molecular weight is 198 g/mol. The van der Waals surface area contributed by atoms with E-state index in [2.05, 4.69) is 13.8 Å². The van der Waals surface area contributed by atoms with Gasteiger partial charge in [0, 0.05) is 24.4 Å². The number of rotatable bonds is 2. The first-order valence-electron chi connectivity index (χ1n) is 5.39. The van der Waals surface area contributed by atoms with Crippen LogP contribution in [0.15, 0.2) is 0 Å². The van der Waals surface area contributed by atoms with Crippen LogP contribution in [0.2, 0.25) is 0 Å². The summed E-state index contributed by atoms with van der Waals surface area (Å²) in [4.78, 5) is 13.7. The molecule has 1 saturated heterocycles. The van der Waals surface area contributed by atoms with Crippen LogP contribution >= 0.6 is 0 Å². The van der Waals surface area contributed by atoms with E-state index in [1.165, 1.54) is 0 Å². The average Bonchev–Trinajstić information content (AvgIpc) is 2.43. The highest BCUT2D eigenvalue weighted by Crippen LogP contribution is 2.34. The lowest BCUT2D eigenvalue weighted by molar-refractivity contribution is -0.133. The van der Waals surface area contributed by atoms with Gasteiger partial charge in [0.1, 0.15) is 0 Å². The fourth-order valence-corrected chi connectivity index (χ4v) is 2.01. The third-order valence-electron chi connectivity index (χ3n) is 3.51. The Morgan fingerprint density at radius 2 is 2.21 bits per heavy atom. The lowest BCUT2D eigenvalue weighted by Gasteiger charge is -2.26. The fourth-order valence-electron chi connectivity index (χ4n) is 2.01. The summed E-state index contributed by atoms with van der Waals surface area (Å²) in [7, 11) is 0. The number of carbonyl (C=O) groups is 1. The molecule has 3 heteroatoms. The van der Waals surface area contributed by atoms with Crippen LogP contribution < -0.4 is 5.73 Å². The Morgan fingerprint density at radius 3 is 2.57 bits per heavy atom. The van der Waals surface area contributed by atoms with Gasteiger partial charge in [-0.15, -0.1) is 0 Å². The fraction of sp³-hybridized carbons (Fsp3) is 0.909. The van der Waals surface area contributed by atoms with E-state index < -0.39 is 0 Å². The molecule has 2 N–H and O–H groups in total. The number of hydrogen-bond acceptors (Lipinski definition) is 2. The largest absolute Gasteiger partial charge is 0.342 e. The monoisotopic (exact) mass is 198 g/mol. The van der Waals surface area contributed by atoms with Crippen molar-refractivity contribution in [2.24, 2.45) is 23.0 Å². The van der Waals surface area contributed by atoms with Crippen LogP contribution in [0.25, 0.3) is 0 Å². The third kappa shape index (κ3) is 1.92. The van der Waals surface area contributed by atoms with Crippen LogP contribution in [-0.4, -0.2) is 30.4 Å². The van der Waals surface area contributed by atoms with E-state index in [-0.39, 0.29) is 17.2 Å². The van der Waals surface area contributed by atoms with Gasteiger partial charge in [0.05, 0.1) is 0 Å². The summed E-state index contributed by atoms with van der Waals surface area (Å²) in [6, 6.07) is 0. The van der Waals surface area contributed by atoms with E-state index >= 15 is 0 Å². The van der Waals surface area contributed by atoms with Crippen molar-refractivity contribution in [3.8, 4) is 0 Å². The topological polar surface area (TPSA) is 46.3 Å². The van der Waals surface area contributed by atoms with Gasteiger partial charge < -0.3 is 10.6 Å². The van der Waals surface area contributed by atoms with Crippen LogP contribution in [-0.2, 0) is 4.79 Å². The minimum absolute atomic E-state index is 0.0994. The lowest BCUT2D eigenvalue weighted by atomic mass is 9.81. The second kappa shape index (κ2) is 3.89. The molecule has 3 nitrogen and oxygen atoms in total. The van der Waals surface area contributed by atoms with Crippen molar-refractivity contribution in [1.82, 2.24) is 4.90 Å². The van der Waals surface area contributed by atoms with Crippen molar-refractivity contribution < 1.29 is 4.79 Å². The smallest absolute Gasteiger partial charge is 0.225 e. The zero-order chi connectivity index (χ0) is 10.9. The van der Waals surface area contributed by atoms with Gasteiger partial charge in [-0.1, -0.05) is 27.7 Å². The molecule has 2 atom stereocenters. The van der Waals surface area contributed by atoms with Crippen LogP contribution in [0.1, 0.15) is 27.7 Å². The van der Waals surface area contributed by atoms with Crippen molar-refractivity contribution in [3.05, 3.63) is 0 Å². The summed E-state index contributed by atoms with van der Waals surface area (Å²) < 4.78 is 0. The molecule has 82 valence electrons. The zero-order valence-corrected chi connectivity index (χ0v) is 9.71. The molecule has 0 aromatic carbocycles. The lowest BCUT2D eigenvalue weighted by Crippen LogP contribution is -2.37. The van der Waals surface area contributed by atoms with Gasteiger partial charge in [0.2, 0.25) is 5.91 Å². The maximum absolute atomic E-state index is 11.8. The molecule has 0 bridgehead atoms. The first-order chi connectivity index (χ1) is 6.40. The Kier molecular flexibility index (Phi) is 3.20. The molecule has 1 aliphatic rings. The zero-order valence-electron chi connectivity index (χ0n) is 9.71. The maximum Gasteiger partial charge on any atom is 0.225 e. The van der Waals surface area contributed by atoms with Crippen LogP contribution in [0.4, 0.5) is 0 Å². The molecule has 0 aromatic heterocycles. The van der Waals surface area contributed by atoms with E-state index in [1.54, 1.807) is 0 Å². The summed E-state index contributed by atoms with van der Waals surface area (Å²) in [6.45, 7) is 10.6. The van der Waals surface area contributed by atoms with Crippen molar-refractivity contribution in [2.75, 3.05) is 19.6 Å². The van der Waals surface area contributed by atoms with Gasteiger partial charge in [0.15, 0.2) is 0 Å². The highest BCUT2D eigenvalue weighted by molar-refractivity contribution is 5.78. The van der Waals surface area contributed by atoms with E-state index in [4.69, 9.17) is 5.73 Å². The van der Waals surface area contributed by atoms with Crippen molar-refractivity contribution in [1.29, 1.82) is 0 Å². The van der Waals surface area contributed by atoms with Gasteiger partial charge in [-0.2, -0.15) is 0 Å². The molecule has 2 unspecified atom stereocenters. The van der Waals surface area contributed by atoms with Gasteiger partial charge >= 0.3 is 0 Å². The Hall–Kier alpha value is -0.570. The van der Waals surface area contributed by atoms with Crippen molar-refractivity contribution in [3.63, 3.8) is 0 Å². The molecule has 14 heavy (non-hydrogen) atoms. The molecule has 0 radical (unpaired) electrons. The van der Waals surface area contributed by atoms with Crippen molar-refractivity contribution >= 4 is 5.91 Å². The van der Waals surface area contributed by atoms with E-state index in [0.717, 1.165) is 13.1 Å². The molecule has 0 aliphatic carbocycles. The number of amides is 1. The van der Waals surface area contributed by atoms with Crippen LogP contribution in [0, 0.1) is 17.3 Å². The standard InChI is InChI=1S/C11H22N2O/c1-8(2)10(14)13-5-9(3)11(4,6-12)7-13/h8-9H,5-7,12H2,1-4H3. The first kappa shape index (κ1) is 11.5. The number of nitrogens with two attached hydrogens (primary N) is 1. The summed E-state index contributed by atoms with van der Waals surface area (Å²) in [5.41, 5.74) is 5.87. The molecule has 0 spiro atoms. The minimum atomic E-state index is 0.0994. The normalized spacial score (nSPS) is 32.7. The van der Waals surface area contributed by atoms with Gasteiger partial charge in [-0.25, -0.2) is 0 Å². The number of likely N-dealkylation sites (tertiary alicyclic amines) is 1. The highest BCUT2D eigenvalue weighted by Gasteiger charge is 2.41. The summed E-state index contributed by atoms with van der Waals surface area (Å²) in [5.74, 6) is 0.867. The first-order valence-corrected chi connectivity index (χ1v) is 5.39. The quantitative estimate of drug-likeness (QED) is 0.722.